The van der Waals surface area contributed by atoms with Crippen molar-refractivity contribution >= 4 is 40.2 Å². The summed E-state index contributed by atoms with van der Waals surface area (Å²) in [7, 11) is 0. The monoisotopic (exact) mass is 553 g/mol. The first-order valence-corrected chi connectivity index (χ1v) is 12.1. The number of benzene rings is 1. The molecule has 4 heterocycles. The van der Waals surface area contributed by atoms with E-state index in [1.165, 1.54) is 0 Å². The van der Waals surface area contributed by atoms with Gasteiger partial charge >= 0.3 is 11.7 Å². The van der Waals surface area contributed by atoms with Crippen LogP contribution in [-0.2, 0) is 22.3 Å². The van der Waals surface area contributed by atoms with Crippen LogP contribution in [0.3, 0.4) is 0 Å². The molecule has 0 aliphatic carbocycles. The summed E-state index contributed by atoms with van der Waals surface area (Å²) in [5.41, 5.74) is -0.863. The summed E-state index contributed by atoms with van der Waals surface area (Å²) in [6.07, 6.45) is -2.27. The largest absolute Gasteiger partial charge is 0.493 e. The first-order chi connectivity index (χ1) is 18.1. The second kappa shape index (κ2) is 10.3. The lowest BCUT2D eigenvalue weighted by molar-refractivity contribution is -0.137. The molecule has 1 saturated heterocycles. The van der Waals surface area contributed by atoms with Crippen LogP contribution in [0.1, 0.15) is 17.8 Å². The van der Waals surface area contributed by atoms with Crippen molar-refractivity contribution in [2.45, 2.75) is 19.1 Å². The van der Waals surface area contributed by atoms with Crippen molar-refractivity contribution in [3.63, 3.8) is 0 Å². The van der Waals surface area contributed by atoms with Crippen LogP contribution in [0.15, 0.2) is 29.1 Å². The van der Waals surface area contributed by atoms with Gasteiger partial charge in [-0.2, -0.15) is 22.7 Å². The van der Waals surface area contributed by atoms with Crippen molar-refractivity contribution in [2.24, 2.45) is 0 Å². The molecule has 202 valence electrons. The molecule has 0 saturated carbocycles. The van der Waals surface area contributed by atoms with Gasteiger partial charge in [0.15, 0.2) is 11.5 Å². The number of nitrogens with one attached hydrogen (secondary N) is 2. The minimum absolute atomic E-state index is 0.0308. The number of alkyl halides is 3. The number of amides is 1. The lowest BCUT2D eigenvalue weighted by atomic mass is 10.1. The summed E-state index contributed by atoms with van der Waals surface area (Å²) in [4.78, 5) is 32.5. The van der Waals surface area contributed by atoms with Crippen molar-refractivity contribution in [3.05, 3.63) is 51.0 Å². The molecule has 2 aromatic heterocycles. The summed E-state index contributed by atoms with van der Waals surface area (Å²) < 4.78 is 46.4. The fraction of sp³-hybridized carbons (Fsp3) is 0.391. The van der Waals surface area contributed by atoms with E-state index in [9.17, 15) is 27.9 Å². The highest BCUT2D eigenvalue weighted by Gasteiger charge is 2.31. The Hall–Kier alpha value is -3.62. The highest BCUT2D eigenvalue weighted by atomic mass is 35.5. The molecule has 0 radical (unpaired) electrons. The molecule has 2 aliphatic rings. The molecule has 38 heavy (non-hydrogen) atoms. The zero-order chi connectivity index (χ0) is 27.0. The van der Waals surface area contributed by atoms with Crippen molar-refractivity contribution in [1.82, 2.24) is 24.5 Å². The maximum atomic E-state index is 13.4. The van der Waals surface area contributed by atoms with E-state index in [1.807, 2.05) is 0 Å². The zero-order valence-electron chi connectivity index (χ0n) is 19.9. The van der Waals surface area contributed by atoms with Gasteiger partial charge in [-0.3, -0.25) is 14.2 Å². The average Bonchev–Trinajstić information content (AvgIpc) is 3.34. The number of ether oxygens (including phenoxy) is 1. The van der Waals surface area contributed by atoms with E-state index in [2.05, 4.69) is 20.7 Å². The Labute approximate surface area is 218 Å². The summed E-state index contributed by atoms with van der Waals surface area (Å²) in [5, 5.41) is 20.9. The molecule has 11 nitrogen and oxygen atoms in total. The number of hydrogen-bond acceptors (Lipinski definition) is 8. The summed E-state index contributed by atoms with van der Waals surface area (Å²) in [6.45, 7) is 2.34. The number of anilines is 2. The summed E-state index contributed by atoms with van der Waals surface area (Å²) in [5.74, 6) is -0.990. The smallest absolute Gasteiger partial charge is 0.416 e. The molecule has 0 unspecified atom stereocenters. The van der Waals surface area contributed by atoms with Gasteiger partial charge in [0.25, 0.3) is 0 Å². The Bertz CT molecular complexity index is 1480. The second-order valence-electron chi connectivity index (χ2n) is 8.74. The normalized spacial score (nSPS) is 16.5. The van der Waals surface area contributed by atoms with Crippen LogP contribution < -0.4 is 21.1 Å². The third kappa shape index (κ3) is 5.06. The average molecular weight is 554 g/mol. The summed E-state index contributed by atoms with van der Waals surface area (Å²) >= 11 is 5.98. The Morgan fingerprint density at radius 2 is 2.03 bits per heavy atom. The quantitative estimate of drug-likeness (QED) is 0.439. The standard InChI is InChI=1S/C23H23ClF3N7O4/c24-15-11-14(23(25,26)27)1-2-16(15)29-17(35)12-33-20(36)18(32-7-5-28-6-8-32)21(37)34-22(33)30-19(31-34)13-3-9-38-10-4-13/h1-3,11,28,36H,4-10,12H2,(H,29,35). The fourth-order valence-corrected chi connectivity index (χ4v) is 4.56. The minimum Gasteiger partial charge on any atom is -0.493 e. The first-order valence-electron chi connectivity index (χ1n) is 11.8. The molecular formula is C23H23ClF3N7O4. The van der Waals surface area contributed by atoms with Crippen LogP contribution in [-0.4, -0.2) is 69.6 Å². The van der Waals surface area contributed by atoms with E-state index in [0.29, 0.717) is 51.9 Å². The molecule has 1 amide bonds. The number of hydrogen-bond donors (Lipinski definition) is 3. The molecule has 0 atom stereocenters. The van der Waals surface area contributed by atoms with Crippen molar-refractivity contribution in [3.8, 4) is 5.88 Å². The van der Waals surface area contributed by atoms with Crippen LogP contribution in [0.25, 0.3) is 11.4 Å². The SMILES string of the molecule is O=C(Cn1c(O)c(N2CCNCC2)c(=O)n2nc(C3=CCOCC3)nc12)Nc1ccc(C(F)(F)F)cc1Cl. The van der Waals surface area contributed by atoms with Crippen LogP contribution in [0.4, 0.5) is 24.5 Å². The Morgan fingerprint density at radius 3 is 2.68 bits per heavy atom. The maximum Gasteiger partial charge on any atom is 0.416 e. The zero-order valence-corrected chi connectivity index (χ0v) is 20.6. The van der Waals surface area contributed by atoms with Crippen LogP contribution >= 0.6 is 11.6 Å². The van der Waals surface area contributed by atoms with Gasteiger partial charge in [-0.25, -0.2) is 0 Å². The van der Waals surface area contributed by atoms with Gasteiger partial charge < -0.3 is 25.4 Å². The number of piperazine rings is 1. The number of halogens is 4. The molecule has 0 bridgehead atoms. The van der Waals surface area contributed by atoms with Gasteiger partial charge in [-0.05, 0) is 30.2 Å². The lowest BCUT2D eigenvalue weighted by Crippen LogP contribution is -2.46. The third-order valence-corrected chi connectivity index (χ3v) is 6.56. The lowest BCUT2D eigenvalue weighted by Gasteiger charge is -2.29. The molecule has 15 heteroatoms. The van der Waals surface area contributed by atoms with Crippen LogP contribution in [0, 0.1) is 0 Å². The number of carbonyl (C=O) groups is 1. The minimum atomic E-state index is -4.59. The van der Waals surface area contributed by atoms with Gasteiger partial charge in [0.05, 0.1) is 29.5 Å². The topological polar surface area (TPSA) is 126 Å². The summed E-state index contributed by atoms with van der Waals surface area (Å²) in [6, 6.07) is 2.55. The molecular weight excluding hydrogens is 531 g/mol. The Balaban J connectivity index is 1.53. The predicted octanol–water partition coefficient (Wildman–Crippen LogP) is 2.12. The molecule has 3 aromatic rings. The highest BCUT2D eigenvalue weighted by Crippen LogP contribution is 2.34. The number of nitrogens with zero attached hydrogens (tertiary/aromatic N) is 5. The van der Waals surface area contributed by atoms with E-state index in [4.69, 9.17) is 16.3 Å². The van der Waals surface area contributed by atoms with Gasteiger partial charge in [-0.15, -0.1) is 5.10 Å². The van der Waals surface area contributed by atoms with Gasteiger partial charge in [0.1, 0.15) is 6.54 Å². The van der Waals surface area contributed by atoms with Gasteiger partial charge in [0.2, 0.25) is 17.6 Å². The number of fused-ring (bicyclic) bond motifs is 1. The van der Waals surface area contributed by atoms with E-state index in [0.717, 1.165) is 26.8 Å². The molecule has 0 spiro atoms. The predicted molar refractivity (Wildman–Crippen MR) is 132 cm³/mol. The number of aromatic hydroxyl groups is 1. The van der Waals surface area contributed by atoms with Crippen molar-refractivity contribution in [2.75, 3.05) is 49.6 Å². The van der Waals surface area contributed by atoms with Gasteiger partial charge in [0, 0.05) is 26.2 Å². The molecule has 2 aliphatic heterocycles. The second-order valence-corrected chi connectivity index (χ2v) is 9.15. The Kier molecular flexibility index (Phi) is 7.03. The third-order valence-electron chi connectivity index (χ3n) is 6.25. The fourth-order valence-electron chi connectivity index (χ4n) is 4.34. The number of rotatable bonds is 5. The van der Waals surface area contributed by atoms with Gasteiger partial charge in [-0.1, -0.05) is 17.7 Å². The molecule has 3 N–H and O–H groups in total. The molecule has 1 fully saturated rings. The molecule has 5 rings (SSSR count). The first kappa shape index (κ1) is 26.0. The molecule has 1 aromatic carbocycles. The van der Waals surface area contributed by atoms with Crippen molar-refractivity contribution < 1.29 is 27.8 Å². The highest BCUT2D eigenvalue weighted by molar-refractivity contribution is 6.33. The van der Waals surface area contributed by atoms with Crippen LogP contribution in [0.2, 0.25) is 5.02 Å². The van der Waals surface area contributed by atoms with E-state index >= 15 is 0 Å². The van der Waals surface area contributed by atoms with E-state index in [-0.39, 0.29) is 28.0 Å². The maximum absolute atomic E-state index is 13.4. The number of aromatic nitrogens is 4. The van der Waals surface area contributed by atoms with Crippen molar-refractivity contribution in [1.29, 1.82) is 0 Å². The Morgan fingerprint density at radius 1 is 1.26 bits per heavy atom. The van der Waals surface area contributed by atoms with Crippen LogP contribution in [0.5, 0.6) is 5.88 Å². The van der Waals surface area contributed by atoms with E-state index < -0.39 is 35.6 Å². The van der Waals surface area contributed by atoms with E-state index in [1.54, 1.807) is 11.0 Å². The number of carbonyl (C=O) groups excluding carboxylic acids is 1.